The van der Waals surface area contributed by atoms with Crippen LogP contribution in [0.3, 0.4) is 0 Å². The summed E-state index contributed by atoms with van der Waals surface area (Å²) in [4.78, 5) is 42.6. The number of nitrogens with one attached hydrogen (secondary N) is 2. The van der Waals surface area contributed by atoms with E-state index in [-0.39, 0.29) is 45.5 Å². The highest BCUT2D eigenvalue weighted by Crippen LogP contribution is 2.38. The number of alkyl halides is 3. The van der Waals surface area contributed by atoms with Crippen molar-refractivity contribution in [3.8, 4) is 22.6 Å². The monoisotopic (exact) mass is 596 g/mol. The second-order valence-corrected chi connectivity index (χ2v) is 9.28. The molecule has 3 rings (SSSR count). The maximum absolute atomic E-state index is 13.4. The Balaban J connectivity index is 2.03. The number of amides is 2. The van der Waals surface area contributed by atoms with Crippen LogP contribution in [0.5, 0.6) is 11.5 Å². The van der Waals surface area contributed by atoms with Gasteiger partial charge in [0, 0.05) is 42.8 Å². The lowest BCUT2D eigenvalue weighted by Crippen LogP contribution is -2.35. The Kier molecular flexibility index (Phi) is 10.4. The van der Waals surface area contributed by atoms with E-state index in [0.717, 1.165) is 10.6 Å². The van der Waals surface area contributed by atoms with Gasteiger partial charge in [-0.15, -0.1) is 0 Å². The Morgan fingerprint density at radius 3 is 2.39 bits per heavy atom. The molecule has 10 nitrogen and oxygen atoms in total. The largest absolute Gasteiger partial charge is 0.495 e. The van der Waals surface area contributed by atoms with E-state index in [9.17, 15) is 27.6 Å². The lowest BCUT2D eigenvalue weighted by atomic mass is 10.0. The van der Waals surface area contributed by atoms with Crippen LogP contribution in [0.2, 0.25) is 5.02 Å². The van der Waals surface area contributed by atoms with Gasteiger partial charge in [-0.3, -0.25) is 19.0 Å². The van der Waals surface area contributed by atoms with E-state index in [1.165, 1.54) is 64.0 Å². The van der Waals surface area contributed by atoms with Gasteiger partial charge in [0.05, 0.1) is 31.3 Å². The van der Waals surface area contributed by atoms with E-state index in [4.69, 9.17) is 25.8 Å². The number of nitrogens with zero attached hydrogens (tertiary/aromatic N) is 2. The van der Waals surface area contributed by atoms with Crippen LogP contribution < -0.4 is 25.7 Å². The summed E-state index contributed by atoms with van der Waals surface area (Å²) >= 11 is 6.10. The molecule has 0 aliphatic rings. The highest BCUT2D eigenvalue weighted by atomic mass is 35.5. The van der Waals surface area contributed by atoms with Crippen molar-refractivity contribution in [2.24, 2.45) is 0 Å². The molecule has 0 bridgehead atoms. The summed E-state index contributed by atoms with van der Waals surface area (Å²) in [5.74, 6) is -1.09. The standard InChI is InChI=1S/C27H28ClF3N4O6/c1-15(39-3)9-21(26(38)34-17-6-7-20(33-12-17)25(37)32-2)35-13-23(40-4)19(11-24(35)36)18-10-16(28)5-8-22(18)41-14-27(29,30)31/h5-8,10-13,15,21H,9,14H2,1-4H3,(H,32,37)(H,34,38)/t15-,21?/m0/s1. The van der Waals surface area contributed by atoms with Gasteiger partial charge < -0.3 is 24.8 Å². The van der Waals surface area contributed by atoms with Crippen molar-refractivity contribution in [2.75, 3.05) is 33.2 Å². The van der Waals surface area contributed by atoms with E-state index >= 15 is 0 Å². The van der Waals surface area contributed by atoms with Crippen molar-refractivity contribution in [1.29, 1.82) is 0 Å². The first kappa shape index (κ1) is 31.4. The van der Waals surface area contributed by atoms with Gasteiger partial charge in [0.15, 0.2) is 6.61 Å². The number of methoxy groups -OCH3 is 2. The Hall–Kier alpha value is -4.10. The smallest absolute Gasteiger partial charge is 0.422 e. The van der Waals surface area contributed by atoms with Crippen LogP contribution in [-0.4, -0.2) is 61.5 Å². The quantitative estimate of drug-likeness (QED) is 0.335. The molecule has 0 radical (unpaired) electrons. The predicted octanol–water partition coefficient (Wildman–Crippen LogP) is 4.48. The van der Waals surface area contributed by atoms with Gasteiger partial charge in [0.25, 0.3) is 11.5 Å². The lowest BCUT2D eigenvalue weighted by molar-refractivity contribution is -0.153. The molecule has 0 aliphatic heterocycles. The summed E-state index contributed by atoms with van der Waals surface area (Å²) in [5.41, 5.74) is -0.0252. The van der Waals surface area contributed by atoms with Gasteiger partial charge >= 0.3 is 6.18 Å². The van der Waals surface area contributed by atoms with Crippen molar-refractivity contribution < 1.29 is 37.0 Å². The third-order valence-corrected chi connectivity index (χ3v) is 6.21. The molecule has 1 unspecified atom stereocenters. The molecule has 2 heterocycles. The van der Waals surface area contributed by atoms with Gasteiger partial charge in [-0.1, -0.05) is 11.6 Å². The number of anilines is 1. The van der Waals surface area contributed by atoms with Crippen molar-refractivity contribution in [1.82, 2.24) is 14.9 Å². The van der Waals surface area contributed by atoms with Crippen molar-refractivity contribution in [2.45, 2.75) is 31.7 Å². The van der Waals surface area contributed by atoms with Crippen LogP contribution in [-0.2, 0) is 9.53 Å². The number of carbonyl (C=O) groups excluding carboxylic acids is 2. The van der Waals surface area contributed by atoms with Gasteiger partial charge in [-0.25, -0.2) is 4.98 Å². The number of hydrogen-bond donors (Lipinski definition) is 2. The van der Waals surface area contributed by atoms with E-state index < -0.39 is 42.3 Å². The maximum atomic E-state index is 13.4. The molecular formula is C27H28ClF3N4O6. The van der Waals surface area contributed by atoms with Crippen LogP contribution in [0.15, 0.2) is 53.6 Å². The number of pyridine rings is 2. The maximum Gasteiger partial charge on any atom is 0.422 e. The van der Waals surface area contributed by atoms with Gasteiger partial charge in [0.1, 0.15) is 23.2 Å². The summed E-state index contributed by atoms with van der Waals surface area (Å²) in [6.07, 6.45) is -2.39. The second kappa shape index (κ2) is 13.5. The number of benzene rings is 1. The number of ether oxygens (including phenoxy) is 3. The lowest BCUT2D eigenvalue weighted by Gasteiger charge is -2.24. The van der Waals surface area contributed by atoms with Crippen LogP contribution >= 0.6 is 11.6 Å². The summed E-state index contributed by atoms with van der Waals surface area (Å²) in [6.45, 7) is 0.157. The Morgan fingerprint density at radius 1 is 1.10 bits per heavy atom. The number of carbonyl (C=O) groups is 2. The molecular weight excluding hydrogens is 569 g/mol. The molecule has 0 spiro atoms. The summed E-state index contributed by atoms with van der Waals surface area (Å²) in [7, 11) is 4.22. The van der Waals surface area contributed by atoms with Crippen molar-refractivity contribution >= 4 is 29.1 Å². The van der Waals surface area contributed by atoms with Crippen molar-refractivity contribution in [3.63, 3.8) is 0 Å². The predicted molar refractivity (Wildman–Crippen MR) is 146 cm³/mol. The second-order valence-electron chi connectivity index (χ2n) is 8.84. The fourth-order valence-electron chi connectivity index (χ4n) is 3.86. The number of halogens is 4. The summed E-state index contributed by atoms with van der Waals surface area (Å²) in [6, 6.07) is 6.90. The SMILES string of the molecule is CNC(=O)c1ccc(NC(=O)C(C[C@H](C)OC)n2cc(OC)c(-c3cc(Cl)ccc3OCC(F)(F)F)cc2=O)cn1. The van der Waals surface area contributed by atoms with E-state index in [0.29, 0.717) is 0 Å². The van der Waals surface area contributed by atoms with E-state index in [1.807, 2.05) is 0 Å². The number of rotatable bonds is 11. The molecule has 2 atom stereocenters. The van der Waals surface area contributed by atoms with Crippen LogP contribution in [0.1, 0.15) is 29.9 Å². The molecule has 3 aromatic rings. The molecule has 220 valence electrons. The molecule has 41 heavy (non-hydrogen) atoms. The number of hydrogen-bond acceptors (Lipinski definition) is 7. The Morgan fingerprint density at radius 2 is 1.80 bits per heavy atom. The minimum atomic E-state index is -4.60. The summed E-state index contributed by atoms with van der Waals surface area (Å²) < 4.78 is 55.4. The van der Waals surface area contributed by atoms with Gasteiger partial charge in [-0.05, 0) is 37.3 Å². The molecule has 2 aromatic heterocycles. The molecule has 2 N–H and O–H groups in total. The Labute approximate surface area is 238 Å². The molecule has 14 heteroatoms. The zero-order valence-corrected chi connectivity index (χ0v) is 23.3. The van der Waals surface area contributed by atoms with Crippen LogP contribution in [0.4, 0.5) is 18.9 Å². The van der Waals surface area contributed by atoms with E-state index in [1.54, 1.807) is 6.92 Å². The first-order valence-corrected chi connectivity index (χ1v) is 12.6. The minimum Gasteiger partial charge on any atom is -0.495 e. The zero-order chi connectivity index (χ0) is 30.3. The summed E-state index contributed by atoms with van der Waals surface area (Å²) in [5, 5.41) is 5.31. The van der Waals surface area contributed by atoms with E-state index in [2.05, 4.69) is 15.6 Å². The minimum absolute atomic E-state index is 0.0724. The Bertz CT molecular complexity index is 1450. The fourth-order valence-corrected chi connectivity index (χ4v) is 4.03. The first-order valence-electron chi connectivity index (χ1n) is 12.2. The van der Waals surface area contributed by atoms with Crippen LogP contribution in [0, 0.1) is 0 Å². The zero-order valence-electron chi connectivity index (χ0n) is 22.5. The molecule has 1 aromatic carbocycles. The molecule has 0 saturated carbocycles. The molecule has 0 saturated heterocycles. The topological polar surface area (TPSA) is 121 Å². The third kappa shape index (κ3) is 8.21. The average molecular weight is 597 g/mol. The van der Waals surface area contributed by atoms with Gasteiger partial charge in [0.2, 0.25) is 5.91 Å². The highest BCUT2D eigenvalue weighted by Gasteiger charge is 2.30. The fraction of sp³-hybridized carbons (Fsp3) is 0.333. The molecule has 0 fully saturated rings. The third-order valence-electron chi connectivity index (χ3n) is 5.97. The first-order chi connectivity index (χ1) is 19.4. The van der Waals surface area contributed by atoms with Crippen LogP contribution in [0.25, 0.3) is 11.1 Å². The van der Waals surface area contributed by atoms with Crippen molar-refractivity contribution in [3.05, 3.63) is 69.9 Å². The average Bonchev–Trinajstić information content (AvgIpc) is 2.94. The molecule has 0 aliphatic carbocycles. The van der Waals surface area contributed by atoms with Gasteiger partial charge in [-0.2, -0.15) is 13.2 Å². The normalized spacial score (nSPS) is 12.8. The molecule has 2 amide bonds. The number of aromatic nitrogens is 2. The highest BCUT2D eigenvalue weighted by molar-refractivity contribution is 6.31.